The molecule has 0 aliphatic rings. The molecule has 0 N–H and O–H groups in total. The lowest BCUT2D eigenvalue weighted by molar-refractivity contribution is -0.133. The van der Waals surface area contributed by atoms with E-state index in [0.29, 0.717) is 28.9 Å². The van der Waals surface area contributed by atoms with E-state index >= 15 is 0 Å². The van der Waals surface area contributed by atoms with E-state index in [4.69, 9.17) is 9.47 Å². The molecule has 18 heavy (non-hydrogen) atoms. The van der Waals surface area contributed by atoms with Crippen molar-refractivity contribution in [3.05, 3.63) is 23.3 Å². The average Bonchev–Trinajstić information content (AvgIpc) is 2.43. The Labute approximate surface area is 105 Å². The van der Waals surface area contributed by atoms with Crippen molar-refractivity contribution in [1.82, 2.24) is 0 Å². The minimum atomic E-state index is -0.674. The molecule has 0 saturated heterocycles. The van der Waals surface area contributed by atoms with Gasteiger partial charge in [0.1, 0.15) is 6.29 Å². The monoisotopic (exact) mass is 248 g/mol. The summed E-state index contributed by atoms with van der Waals surface area (Å²) in [5.74, 6) is 4.90. The maximum atomic E-state index is 11.0. The van der Waals surface area contributed by atoms with E-state index in [1.807, 2.05) is 0 Å². The highest BCUT2D eigenvalue weighted by Gasteiger charge is 2.11. The fourth-order valence-corrected chi connectivity index (χ4v) is 1.32. The molecule has 1 rings (SSSR count). The smallest absolute Gasteiger partial charge is 0.384 e. The largest absolute Gasteiger partial charge is 0.493 e. The third-order valence-electron chi connectivity index (χ3n) is 2.12. The molecule has 0 aliphatic heterocycles. The average molecular weight is 248 g/mol. The lowest BCUT2D eigenvalue weighted by Crippen LogP contribution is -1.98. The normalized spacial score (nSPS) is 8.83. The summed E-state index contributed by atoms with van der Waals surface area (Å²) in [4.78, 5) is 21.7. The van der Waals surface area contributed by atoms with E-state index < -0.39 is 5.97 Å². The van der Waals surface area contributed by atoms with Gasteiger partial charge in [-0.2, -0.15) is 0 Å². The summed E-state index contributed by atoms with van der Waals surface area (Å²) >= 11 is 0. The highest BCUT2D eigenvalue weighted by molar-refractivity contribution is 5.89. The van der Waals surface area contributed by atoms with E-state index in [9.17, 15) is 9.59 Å². The van der Waals surface area contributed by atoms with Gasteiger partial charge in [0.15, 0.2) is 11.5 Å². The summed E-state index contributed by atoms with van der Waals surface area (Å²) in [6.07, 6.45) is 0.658. The molecular weight excluding hydrogens is 236 g/mol. The van der Waals surface area contributed by atoms with Crippen molar-refractivity contribution < 1.29 is 23.8 Å². The Morgan fingerprint density at radius 1 is 1.22 bits per heavy atom. The van der Waals surface area contributed by atoms with E-state index in [0.717, 1.165) is 0 Å². The fourth-order valence-electron chi connectivity index (χ4n) is 1.32. The Hall–Kier alpha value is -2.48. The Morgan fingerprint density at radius 3 is 2.44 bits per heavy atom. The first kappa shape index (κ1) is 13.6. The van der Waals surface area contributed by atoms with Crippen molar-refractivity contribution in [2.24, 2.45) is 0 Å². The fraction of sp³-hybridized carbons (Fsp3) is 0.231. The van der Waals surface area contributed by atoms with Crippen LogP contribution < -0.4 is 9.47 Å². The molecule has 0 spiro atoms. The van der Waals surface area contributed by atoms with Crippen LogP contribution in [0.2, 0.25) is 0 Å². The van der Waals surface area contributed by atoms with Crippen LogP contribution in [-0.4, -0.2) is 33.6 Å². The SMILES string of the molecule is COC(=O)C#Cc1cc(C=O)cc(OC)c1OC. The number of aldehydes is 1. The number of carbonyl (C=O) groups excluding carboxylic acids is 2. The Kier molecular flexibility index (Phi) is 4.76. The number of hydrogen-bond donors (Lipinski definition) is 0. The molecule has 1 aromatic carbocycles. The second-order valence-corrected chi connectivity index (χ2v) is 3.16. The van der Waals surface area contributed by atoms with Gasteiger partial charge in [0.25, 0.3) is 0 Å². The number of benzene rings is 1. The van der Waals surface area contributed by atoms with E-state index in [2.05, 4.69) is 16.6 Å². The van der Waals surface area contributed by atoms with Crippen molar-refractivity contribution in [1.29, 1.82) is 0 Å². The number of ether oxygens (including phenoxy) is 3. The van der Waals surface area contributed by atoms with Crippen LogP contribution in [0, 0.1) is 11.8 Å². The summed E-state index contributed by atoms with van der Waals surface area (Å²) in [6.45, 7) is 0. The highest BCUT2D eigenvalue weighted by Crippen LogP contribution is 2.31. The van der Waals surface area contributed by atoms with E-state index in [-0.39, 0.29) is 0 Å². The maximum Gasteiger partial charge on any atom is 0.384 e. The third-order valence-corrected chi connectivity index (χ3v) is 2.12. The van der Waals surface area contributed by atoms with Crippen LogP contribution in [0.15, 0.2) is 12.1 Å². The zero-order valence-electron chi connectivity index (χ0n) is 10.3. The Balaban J connectivity index is 3.33. The topological polar surface area (TPSA) is 61.8 Å². The molecule has 94 valence electrons. The molecule has 5 nitrogen and oxygen atoms in total. The second-order valence-electron chi connectivity index (χ2n) is 3.16. The molecule has 0 amide bonds. The van der Waals surface area contributed by atoms with Crippen LogP contribution in [0.25, 0.3) is 0 Å². The molecule has 0 fully saturated rings. The van der Waals surface area contributed by atoms with Crippen molar-refractivity contribution in [3.8, 4) is 23.3 Å². The van der Waals surface area contributed by atoms with Crippen LogP contribution >= 0.6 is 0 Å². The number of methoxy groups -OCH3 is 3. The first-order valence-corrected chi connectivity index (χ1v) is 4.97. The van der Waals surface area contributed by atoms with Gasteiger partial charge in [0, 0.05) is 11.5 Å². The summed E-state index contributed by atoms with van der Waals surface area (Å²) in [6, 6.07) is 3.03. The zero-order valence-corrected chi connectivity index (χ0v) is 10.3. The summed E-state index contributed by atoms with van der Waals surface area (Å²) in [5.41, 5.74) is 0.756. The predicted octanol–water partition coefficient (Wildman–Crippen LogP) is 1.04. The Bertz CT molecular complexity index is 522. The van der Waals surface area contributed by atoms with Gasteiger partial charge < -0.3 is 14.2 Å². The van der Waals surface area contributed by atoms with Crippen molar-refractivity contribution in [2.75, 3.05) is 21.3 Å². The first-order valence-electron chi connectivity index (χ1n) is 4.97. The van der Waals surface area contributed by atoms with Crippen LogP contribution in [0.5, 0.6) is 11.5 Å². The van der Waals surface area contributed by atoms with Crippen molar-refractivity contribution in [2.45, 2.75) is 0 Å². The minimum absolute atomic E-state index is 0.361. The number of hydrogen-bond acceptors (Lipinski definition) is 5. The van der Waals surface area contributed by atoms with Gasteiger partial charge >= 0.3 is 5.97 Å². The van der Waals surface area contributed by atoms with Gasteiger partial charge in [-0.15, -0.1) is 0 Å². The number of rotatable bonds is 3. The molecule has 0 saturated carbocycles. The van der Waals surface area contributed by atoms with Gasteiger partial charge in [0.2, 0.25) is 0 Å². The van der Waals surface area contributed by atoms with Gasteiger partial charge in [-0.05, 0) is 12.1 Å². The number of esters is 1. The van der Waals surface area contributed by atoms with Crippen LogP contribution in [0.4, 0.5) is 0 Å². The lowest BCUT2D eigenvalue weighted by atomic mass is 10.1. The van der Waals surface area contributed by atoms with Gasteiger partial charge in [-0.3, -0.25) is 4.79 Å². The van der Waals surface area contributed by atoms with Crippen LogP contribution in [-0.2, 0) is 9.53 Å². The lowest BCUT2D eigenvalue weighted by Gasteiger charge is -2.09. The molecule has 1 aromatic rings. The molecule has 5 heteroatoms. The summed E-state index contributed by atoms with van der Waals surface area (Å²) < 4.78 is 14.6. The molecule has 0 aromatic heterocycles. The number of carbonyl (C=O) groups is 2. The second kappa shape index (κ2) is 6.30. The summed E-state index contributed by atoms with van der Waals surface area (Å²) in [7, 11) is 4.13. The standard InChI is InChI=1S/C13H12O5/c1-16-11-7-9(8-14)6-10(13(11)18-3)4-5-12(15)17-2/h6-8H,1-3H3. The predicted molar refractivity (Wildman–Crippen MR) is 63.8 cm³/mol. The van der Waals surface area contributed by atoms with Crippen molar-refractivity contribution >= 4 is 12.3 Å². The van der Waals surface area contributed by atoms with Crippen LogP contribution in [0.3, 0.4) is 0 Å². The van der Waals surface area contributed by atoms with Gasteiger partial charge in [0.05, 0.1) is 26.9 Å². The van der Waals surface area contributed by atoms with E-state index in [1.165, 1.54) is 33.5 Å². The molecule has 0 heterocycles. The first-order chi connectivity index (χ1) is 8.65. The van der Waals surface area contributed by atoms with Crippen molar-refractivity contribution in [3.63, 3.8) is 0 Å². The zero-order chi connectivity index (χ0) is 13.5. The molecule has 0 radical (unpaired) electrons. The van der Waals surface area contributed by atoms with Crippen LogP contribution in [0.1, 0.15) is 15.9 Å². The molecule has 0 atom stereocenters. The molecule has 0 aliphatic carbocycles. The van der Waals surface area contributed by atoms with E-state index in [1.54, 1.807) is 0 Å². The minimum Gasteiger partial charge on any atom is -0.493 e. The maximum absolute atomic E-state index is 11.0. The molecular formula is C13H12O5. The summed E-state index contributed by atoms with van der Waals surface area (Å²) in [5, 5.41) is 0. The Morgan fingerprint density at radius 2 is 1.94 bits per heavy atom. The molecule has 0 bridgehead atoms. The molecule has 0 unspecified atom stereocenters. The third kappa shape index (κ3) is 3.01. The van der Waals surface area contributed by atoms with Gasteiger partial charge in [-0.25, -0.2) is 4.79 Å². The van der Waals surface area contributed by atoms with Gasteiger partial charge in [-0.1, -0.05) is 5.92 Å². The highest BCUT2D eigenvalue weighted by atomic mass is 16.5. The quantitative estimate of drug-likeness (QED) is 0.454.